The van der Waals surface area contributed by atoms with Crippen LogP contribution in [0.2, 0.25) is 0 Å². The monoisotopic (exact) mass is 410 g/mol. The van der Waals surface area contributed by atoms with Gasteiger partial charge in [-0.2, -0.15) is 10.2 Å². The number of carbonyl (C=O) groups excluding carboxylic acids is 2. The molecule has 0 bridgehead atoms. The first-order chi connectivity index (χ1) is 14.5. The highest BCUT2D eigenvalue weighted by molar-refractivity contribution is 6.35. The third-order valence-corrected chi connectivity index (χ3v) is 4.44. The fourth-order valence-corrected chi connectivity index (χ4v) is 2.74. The Labute approximate surface area is 171 Å². The second-order valence-electron chi connectivity index (χ2n) is 6.41. The van der Waals surface area contributed by atoms with Gasteiger partial charge in [0.2, 0.25) is 13.6 Å². The van der Waals surface area contributed by atoms with Crippen LogP contribution in [0.5, 0.6) is 23.0 Å². The zero-order valence-electron chi connectivity index (χ0n) is 16.2. The predicted octanol–water partition coefficient (Wildman–Crippen LogP) is 1.52. The first-order valence-corrected chi connectivity index (χ1v) is 9.00. The second-order valence-corrected chi connectivity index (χ2v) is 6.41. The van der Waals surface area contributed by atoms with E-state index in [9.17, 15) is 9.59 Å². The van der Waals surface area contributed by atoms with Crippen LogP contribution in [0.4, 0.5) is 0 Å². The number of carbonyl (C=O) groups is 2. The molecule has 0 aliphatic carbocycles. The van der Waals surface area contributed by atoms with Gasteiger partial charge in [0.15, 0.2) is 23.0 Å². The topological polar surface area (TPSA) is 120 Å². The van der Waals surface area contributed by atoms with Crippen molar-refractivity contribution in [3.63, 3.8) is 0 Å². The number of hydrogen-bond acceptors (Lipinski definition) is 8. The Morgan fingerprint density at radius 3 is 1.53 bits per heavy atom. The molecular formula is C20H18N4O6. The van der Waals surface area contributed by atoms with Gasteiger partial charge in [-0.05, 0) is 50.2 Å². The number of fused-ring (bicyclic) bond motifs is 2. The summed E-state index contributed by atoms with van der Waals surface area (Å²) in [6, 6.07) is 10.5. The van der Waals surface area contributed by atoms with E-state index in [2.05, 4.69) is 21.1 Å². The molecule has 2 aliphatic rings. The summed E-state index contributed by atoms with van der Waals surface area (Å²) < 4.78 is 21.1. The van der Waals surface area contributed by atoms with E-state index in [1.807, 2.05) is 0 Å². The van der Waals surface area contributed by atoms with Crippen molar-refractivity contribution in [3.05, 3.63) is 47.5 Å². The number of rotatable bonds is 4. The lowest BCUT2D eigenvalue weighted by Gasteiger charge is -2.05. The molecular weight excluding hydrogens is 392 g/mol. The molecule has 0 aromatic heterocycles. The highest BCUT2D eigenvalue weighted by atomic mass is 16.7. The van der Waals surface area contributed by atoms with Gasteiger partial charge in [-0.15, -0.1) is 0 Å². The first kappa shape index (κ1) is 19.2. The predicted molar refractivity (Wildman–Crippen MR) is 106 cm³/mol. The Hall–Kier alpha value is -4.08. The Bertz CT molecular complexity index is 993. The van der Waals surface area contributed by atoms with Gasteiger partial charge in [-0.3, -0.25) is 9.59 Å². The van der Waals surface area contributed by atoms with Crippen LogP contribution < -0.4 is 29.8 Å². The molecule has 0 unspecified atom stereocenters. The van der Waals surface area contributed by atoms with Gasteiger partial charge in [-0.1, -0.05) is 0 Å². The van der Waals surface area contributed by atoms with Crippen molar-refractivity contribution in [2.75, 3.05) is 13.6 Å². The first-order valence-electron chi connectivity index (χ1n) is 9.00. The molecule has 10 nitrogen and oxygen atoms in total. The van der Waals surface area contributed by atoms with E-state index in [1.54, 1.807) is 50.2 Å². The van der Waals surface area contributed by atoms with E-state index in [-0.39, 0.29) is 13.6 Å². The lowest BCUT2D eigenvalue weighted by molar-refractivity contribution is -0.139. The highest BCUT2D eigenvalue weighted by Crippen LogP contribution is 2.33. The third kappa shape index (κ3) is 4.02. The fraction of sp³-hybridized carbons (Fsp3) is 0.200. The van der Waals surface area contributed by atoms with Crippen molar-refractivity contribution in [2.45, 2.75) is 13.8 Å². The smallest absolute Gasteiger partial charge is 0.331 e. The molecule has 0 fully saturated rings. The average Bonchev–Trinajstić information content (AvgIpc) is 3.43. The Morgan fingerprint density at radius 1 is 0.700 bits per heavy atom. The quantitative estimate of drug-likeness (QED) is 0.448. The molecule has 154 valence electrons. The van der Waals surface area contributed by atoms with Crippen molar-refractivity contribution in [1.29, 1.82) is 0 Å². The van der Waals surface area contributed by atoms with Crippen molar-refractivity contribution in [1.82, 2.24) is 10.9 Å². The molecule has 0 saturated heterocycles. The summed E-state index contributed by atoms with van der Waals surface area (Å²) in [6.45, 7) is 3.71. The standard InChI is InChI=1S/C20H18N4O6/c1-11(13-3-5-15-17(7-13)29-9-27-15)21-23-19(25)20(26)24-22-12(2)14-4-6-16-18(8-14)30-10-28-16/h3-8H,9-10H2,1-2H3,(H,23,25)(H,24,26)/b21-11-,22-12-. The summed E-state index contributed by atoms with van der Waals surface area (Å²) in [4.78, 5) is 24.0. The summed E-state index contributed by atoms with van der Waals surface area (Å²) >= 11 is 0. The number of amides is 2. The lowest BCUT2D eigenvalue weighted by atomic mass is 10.1. The van der Waals surface area contributed by atoms with Crippen LogP contribution in [0.3, 0.4) is 0 Å². The summed E-state index contributed by atoms with van der Waals surface area (Å²) in [7, 11) is 0. The molecule has 4 rings (SSSR count). The van der Waals surface area contributed by atoms with Gasteiger partial charge in [0.05, 0.1) is 11.4 Å². The minimum Gasteiger partial charge on any atom is -0.454 e. The molecule has 2 N–H and O–H groups in total. The molecule has 0 radical (unpaired) electrons. The van der Waals surface area contributed by atoms with Crippen molar-refractivity contribution < 1.29 is 28.5 Å². The van der Waals surface area contributed by atoms with E-state index in [4.69, 9.17) is 18.9 Å². The molecule has 2 heterocycles. The van der Waals surface area contributed by atoms with Crippen molar-refractivity contribution >= 4 is 23.2 Å². The zero-order chi connectivity index (χ0) is 21.1. The van der Waals surface area contributed by atoms with Crippen LogP contribution in [0.15, 0.2) is 46.6 Å². The van der Waals surface area contributed by atoms with Gasteiger partial charge in [0.25, 0.3) is 0 Å². The molecule has 2 aliphatic heterocycles. The minimum absolute atomic E-state index is 0.165. The van der Waals surface area contributed by atoms with E-state index in [1.165, 1.54) is 0 Å². The molecule has 2 aromatic rings. The molecule has 2 amide bonds. The Balaban J connectivity index is 1.35. The van der Waals surface area contributed by atoms with Gasteiger partial charge in [-0.25, -0.2) is 10.9 Å². The van der Waals surface area contributed by atoms with Gasteiger partial charge >= 0.3 is 11.8 Å². The van der Waals surface area contributed by atoms with Crippen LogP contribution in [-0.4, -0.2) is 36.8 Å². The van der Waals surface area contributed by atoms with Crippen molar-refractivity contribution in [2.24, 2.45) is 10.2 Å². The van der Waals surface area contributed by atoms with Gasteiger partial charge < -0.3 is 18.9 Å². The SMILES string of the molecule is C/C(=N/NC(=O)C(=O)N/N=C(/C)c1ccc2c(c1)OCO2)c1ccc2c(c1)OCO2. The number of nitrogens with one attached hydrogen (secondary N) is 2. The normalized spacial score (nSPS) is 14.5. The number of nitrogens with zero attached hydrogens (tertiary/aromatic N) is 2. The molecule has 10 heteroatoms. The number of hydrazone groups is 2. The molecule has 0 spiro atoms. The molecule has 0 atom stereocenters. The maximum absolute atomic E-state index is 12.0. The van der Waals surface area contributed by atoms with E-state index in [0.717, 1.165) is 11.1 Å². The zero-order valence-corrected chi connectivity index (χ0v) is 16.2. The summed E-state index contributed by atoms with van der Waals surface area (Å²) in [5.41, 5.74) is 6.84. The second kappa shape index (κ2) is 8.11. The number of ether oxygens (including phenoxy) is 4. The van der Waals surface area contributed by atoms with Gasteiger partial charge in [0, 0.05) is 11.1 Å². The Kier molecular flexibility index (Phi) is 5.21. The number of hydrogen-bond donors (Lipinski definition) is 2. The van der Waals surface area contributed by atoms with E-state index < -0.39 is 11.8 Å². The highest BCUT2D eigenvalue weighted by Gasteiger charge is 2.17. The molecule has 2 aromatic carbocycles. The largest absolute Gasteiger partial charge is 0.454 e. The molecule has 0 saturated carbocycles. The van der Waals surface area contributed by atoms with Crippen LogP contribution in [0.1, 0.15) is 25.0 Å². The van der Waals surface area contributed by atoms with Gasteiger partial charge in [0.1, 0.15) is 0 Å². The average molecular weight is 410 g/mol. The lowest BCUT2D eigenvalue weighted by Crippen LogP contribution is -2.36. The number of benzene rings is 2. The molecule has 30 heavy (non-hydrogen) atoms. The Morgan fingerprint density at radius 2 is 1.10 bits per heavy atom. The van der Waals surface area contributed by atoms with E-state index in [0.29, 0.717) is 34.4 Å². The van der Waals surface area contributed by atoms with Crippen molar-refractivity contribution in [3.8, 4) is 23.0 Å². The van der Waals surface area contributed by atoms with Crippen LogP contribution in [0, 0.1) is 0 Å². The summed E-state index contributed by atoms with van der Waals surface area (Å²) in [6.07, 6.45) is 0. The maximum Gasteiger partial charge on any atom is 0.331 e. The maximum atomic E-state index is 12.0. The summed E-state index contributed by atoms with van der Waals surface area (Å²) in [5.74, 6) is 0.588. The van der Waals surface area contributed by atoms with E-state index >= 15 is 0 Å². The third-order valence-electron chi connectivity index (χ3n) is 4.44. The van der Waals surface area contributed by atoms with Crippen LogP contribution in [-0.2, 0) is 9.59 Å². The summed E-state index contributed by atoms with van der Waals surface area (Å²) in [5, 5.41) is 7.89. The van der Waals surface area contributed by atoms with Crippen LogP contribution in [0.25, 0.3) is 0 Å². The van der Waals surface area contributed by atoms with Crippen LogP contribution >= 0.6 is 0 Å². The minimum atomic E-state index is -0.947. The fourth-order valence-electron chi connectivity index (χ4n) is 2.74.